The lowest BCUT2D eigenvalue weighted by atomic mass is 10.2. The molecule has 1 saturated heterocycles. The van der Waals surface area contributed by atoms with Crippen molar-refractivity contribution < 1.29 is 19.1 Å². The van der Waals surface area contributed by atoms with Gasteiger partial charge in [-0.15, -0.1) is 11.8 Å². The molecule has 0 saturated carbocycles. The first-order chi connectivity index (χ1) is 8.67. The van der Waals surface area contributed by atoms with E-state index in [1.54, 1.807) is 18.2 Å². The molecule has 0 N–H and O–H groups in total. The number of carbonyl (C=O) groups excluding carboxylic acids is 2. The first-order valence-corrected chi connectivity index (χ1v) is 6.48. The average molecular weight is 267 g/mol. The van der Waals surface area contributed by atoms with Crippen LogP contribution in [0.15, 0.2) is 18.2 Å². The van der Waals surface area contributed by atoms with Crippen molar-refractivity contribution in [2.75, 3.05) is 30.6 Å². The van der Waals surface area contributed by atoms with E-state index in [9.17, 15) is 9.59 Å². The van der Waals surface area contributed by atoms with Crippen molar-refractivity contribution in [2.45, 2.75) is 0 Å². The van der Waals surface area contributed by atoms with Crippen molar-refractivity contribution >= 4 is 29.3 Å². The first-order valence-electron chi connectivity index (χ1n) is 5.33. The normalized spacial score (nSPS) is 15.8. The van der Waals surface area contributed by atoms with Gasteiger partial charge in [-0.2, -0.15) is 0 Å². The quantitative estimate of drug-likeness (QED) is 0.773. The number of amides is 2. The number of carbonyl (C=O) groups is 2. The number of rotatable bonds is 3. The molecule has 1 aliphatic rings. The summed E-state index contributed by atoms with van der Waals surface area (Å²) in [6.45, 7) is 0. The molecule has 6 heteroatoms. The van der Waals surface area contributed by atoms with Gasteiger partial charge < -0.3 is 9.47 Å². The number of methoxy groups -OCH3 is 2. The van der Waals surface area contributed by atoms with Crippen molar-refractivity contribution in [1.29, 1.82) is 0 Å². The van der Waals surface area contributed by atoms with Crippen LogP contribution in [0, 0.1) is 0 Å². The zero-order valence-electron chi connectivity index (χ0n) is 10.1. The lowest BCUT2D eigenvalue weighted by Gasteiger charge is -2.26. The highest BCUT2D eigenvalue weighted by molar-refractivity contribution is 8.00. The molecule has 1 heterocycles. The molecule has 0 unspecified atom stereocenters. The van der Waals surface area contributed by atoms with E-state index < -0.39 is 0 Å². The van der Waals surface area contributed by atoms with Crippen LogP contribution in [0.25, 0.3) is 0 Å². The second-order valence-electron chi connectivity index (χ2n) is 3.65. The highest BCUT2D eigenvalue weighted by atomic mass is 32.2. The third-order valence-electron chi connectivity index (χ3n) is 2.58. The Balaban J connectivity index is 2.46. The summed E-state index contributed by atoms with van der Waals surface area (Å²) in [4.78, 5) is 24.9. The third kappa shape index (κ3) is 2.28. The Morgan fingerprint density at radius 1 is 1.11 bits per heavy atom. The molecule has 0 radical (unpaired) electrons. The van der Waals surface area contributed by atoms with E-state index in [4.69, 9.17) is 9.47 Å². The maximum atomic E-state index is 11.9. The number of benzene rings is 1. The van der Waals surface area contributed by atoms with Crippen molar-refractivity contribution in [3.05, 3.63) is 18.2 Å². The number of hydrogen-bond donors (Lipinski definition) is 0. The lowest BCUT2D eigenvalue weighted by Crippen LogP contribution is -2.43. The van der Waals surface area contributed by atoms with Crippen LogP contribution in [0.5, 0.6) is 11.5 Å². The number of imide groups is 1. The Bertz CT molecular complexity index is 473. The summed E-state index contributed by atoms with van der Waals surface area (Å²) < 4.78 is 10.3. The Kier molecular flexibility index (Phi) is 3.76. The minimum Gasteiger partial charge on any atom is -0.497 e. The molecule has 0 aliphatic carbocycles. The van der Waals surface area contributed by atoms with Crippen LogP contribution < -0.4 is 14.4 Å². The number of anilines is 1. The van der Waals surface area contributed by atoms with Gasteiger partial charge in [-0.1, -0.05) is 0 Å². The summed E-state index contributed by atoms with van der Waals surface area (Å²) in [7, 11) is 3.03. The zero-order chi connectivity index (χ0) is 13.1. The molecule has 1 aromatic rings. The standard InChI is InChI=1S/C12H13NO4S/c1-16-8-3-4-10(17-2)9(5-8)13-11(14)6-18-7-12(13)15/h3-5H,6-7H2,1-2H3. The fraction of sp³-hybridized carbons (Fsp3) is 0.333. The number of nitrogens with zero attached hydrogens (tertiary/aromatic N) is 1. The second-order valence-corrected chi connectivity index (χ2v) is 4.64. The van der Waals surface area contributed by atoms with E-state index in [0.717, 1.165) is 4.90 Å². The molecule has 5 nitrogen and oxygen atoms in total. The maximum absolute atomic E-state index is 11.9. The predicted octanol–water partition coefficient (Wildman–Crippen LogP) is 1.31. The average Bonchev–Trinajstić information content (AvgIpc) is 2.38. The van der Waals surface area contributed by atoms with Gasteiger partial charge in [-0.05, 0) is 12.1 Å². The van der Waals surface area contributed by atoms with Crippen LogP contribution >= 0.6 is 11.8 Å². The molecule has 2 amide bonds. The highest BCUT2D eigenvalue weighted by Crippen LogP contribution is 2.34. The van der Waals surface area contributed by atoms with Crippen LogP contribution in [0.4, 0.5) is 5.69 Å². The summed E-state index contributed by atoms with van der Waals surface area (Å²) in [5, 5.41) is 0. The Labute approximate surface area is 109 Å². The van der Waals surface area contributed by atoms with Gasteiger partial charge in [0.1, 0.15) is 11.5 Å². The first kappa shape index (κ1) is 12.8. The van der Waals surface area contributed by atoms with Gasteiger partial charge in [-0.3, -0.25) is 9.59 Å². The maximum Gasteiger partial charge on any atom is 0.243 e. The van der Waals surface area contributed by atoms with E-state index in [1.165, 1.54) is 26.0 Å². The summed E-state index contributed by atoms with van der Waals surface area (Å²) in [5.41, 5.74) is 0.437. The van der Waals surface area contributed by atoms with Crippen LogP contribution in [0.3, 0.4) is 0 Å². The fourth-order valence-electron chi connectivity index (χ4n) is 1.73. The Morgan fingerprint density at radius 2 is 1.78 bits per heavy atom. The van der Waals surface area contributed by atoms with Crippen LogP contribution in [-0.4, -0.2) is 37.5 Å². The molecule has 1 fully saturated rings. The van der Waals surface area contributed by atoms with Crippen LogP contribution in [-0.2, 0) is 9.59 Å². The van der Waals surface area contributed by atoms with E-state index in [0.29, 0.717) is 28.7 Å². The van der Waals surface area contributed by atoms with Crippen LogP contribution in [0.2, 0.25) is 0 Å². The third-order valence-corrected chi connectivity index (χ3v) is 3.48. The molecule has 0 atom stereocenters. The monoisotopic (exact) mass is 267 g/mol. The van der Waals surface area contributed by atoms with Crippen molar-refractivity contribution in [3.8, 4) is 11.5 Å². The molecule has 1 aliphatic heterocycles. The van der Waals surface area contributed by atoms with Crippen molar-refractivity contribution in [2.24, 2.45) is 0 Å². The topological polar surface area (TPSA) is 55.8 Å². The molecule has 1 aromatic carbocycles. The van der Waals surface area contributed by atoms with Gasteiger partial charge >= 0.3 is 0 Å². The van der Waals surface area contributed by atoms with E-state index >= 15 is 0 Å². The molecule has 0 bridgehead atoms. The summed E-state index contributed by atoms with van der Waals surface area (Å²) in [6, 6.07) is 5.02. The molecule has 96 valence electrons. The van der Waals surface area contributed by atoms with Gasteiger partial charge in [0.2, 0.25) is 11.8 Å². The van der Waals surface area contributed by atoms with Gasteiger partial charge in [0.15, 0.2) is 0 Å². The summed E-state index contributed by atoms with van der Waals surface area (Å²) >= 11 is 1.32. The molecule has 0 spiro atoms. The van der Waals surface area contributed by atoms with Crippen molar-refractivity contribution in [1.82, 2.24) is 0 Å². The summed E-state index contributed by atoms with van der Waals surface area (Å²) in [5.74, 6) is 1.18. The fourth-order valence-corrected chi connectivity index (χ4v) is 2.44. The van der Waals surface area contributed by atoms with Gasteiger partial charge in [0.25, 0.3) is 0 Å². The molecule has 2 rings (SSSR count). The van der Waals surface area contributed by atoms with Gasteiger partial charge in [-0.25, -0.2) is 4.90 Å². The minimum absolute atomic E-state index is 0.234. The van der Waals surface area contributed by atoms with E-state index in [1.807, 2.05) is 0 Å². The zero-order valence-corrected chi connectivity index (χ0v) is 11.0. The van der Waals surface area contributed by atoms with Crippen molar-refractivity contribution in [3.63, 3.8) is 0 Å². The van der Waals surface area contributed by atoms with E-state index in [-0.39, 0.29) is 11.8 Å². The Morgan fingerprint density at radius 3 is 2.33 bits per heavy atom. The molecular formula is C12H13NO4S. The number of hydrogen-bond acceptors (Lipinski definition) is 5. The second kappa shape index (κ2) is 5.30. The number of thioether (sulfide) groups is 1. The predicted molar refractivity (Wildman–Crippen MR) is 69.4 cm³/mol. The van der Waals surface area contributed by atoms with Gasteiger partial charge in [0.05, 0.1) is 31.4 Å². The largest absolute Gasteiger partial charge is 0.497 e. The Hall–Kier alpha value is -1.69. The molecule has 0 aromatic heterocycles. The smallest absolute Gasteiger partial charge is 0.243 e. The van der Waals surface area contributed by atoms with Gasteiger partial charge in [0, 0.05) is 6.07 Å². The highest BCUT2D eigenvalue weighted by Gasteiger charge is 2.30. The minimum atomic E-state index is -0.234. The van der Waals surface area contributed by atoms with E-state index in [2.05, 4.69) is 0 Å². The van der Waals surface area contributed by atoms with Crippen LogP contribution in [0.1, 0.15) is 0 Å². The molecule has 18 heavy (non-hydrogen) atoms. The molecular weight excluding hydrogens is 254 g/mol. The number of ether oxygens (including phenoxy) is 2. The lowest BCUT2D eigenvalue weighted by molar-refractivity contribution is -0.124. The summed E-state index contributed by atoms with van der Waals surface area (Å²) in [6.07, 6.45) is 0. The SMILES string of the molecule is COc1ccc(OC)c(N2C(=O)CSCC2=O)c1.